The topological polar surface area (TPSA) is 26.0 Å². The first-order chi connectivity index (χ1) is 5.67. The summed E-state index contributed by atoms with van der Waals surface area (Å²) in [4.78, 5) is 0. The standard InChI is InChI=1S/C6H3Cl2.3ClH.Cr.H2N/c7-5-2-1-3-6(8)4-5;;;;;/h1-2,4H;3*1H;;1H2/q;;;;+4;-1/p-3. The minimum absolute atomic E-state index is 0.287. The van der Waals surface area contributed by atoms with Crippen molar-refractivity contribution in [2.75, 3.05) is 0 Å². The molecule has 0 atom stereocenters. The van der Waals surface area contributed by atoms with Crippen molar-refractivity contribution in [3.63, 3.8) is 0 Å². The van der Waals surface area contributed by atoms with Crippen LogP contribution in [0.3, 0.4) is 0 Å². The normalized spacial score (nSPS) is 15.1. The molecule has 1 nitrogen and oxygen atoms in total. The molecule has 0 saturated carbocycles. The van der Waals surface area contributed by atoms with E-state index in [1.54, 1.807) is 6.07 Å². The maximum atomic E-state index is 5.83. The van der Waals surface area contributed by atoms with Gasteiger partial charge in [0.1, 0.15) is 0 Å². The molecule has 0 unspecified atom stereocenters. The Balaban J connectivity index is 3.33. The fraction of sp³-hybridized carbons (Fsp3) is 0. The van der Waals surface area contributed by atoms with E-state index >= 15 is 0 Å². The first-order valence-electron chi connectivity index (χ1n) is 3.02. The van der Waals surface area contributed by atoms with Crippen molar-refractivity contribution in [2.45, 2.75) is 0 Å². The Morgan fingerprint density at radius 1 is 1.08 bits per heavy atom. The predicted molar refractivity (Wildman–Crippen MR) is 57.8 cm³/mol. The third kappa shape index (κ3) is 3.34. The summed E-state index contributed by atoms with van der Waals surface area (Å²) in [6.45, 7) is 0. The van der Waals surface area contributed by atoms with E-state index in [-0.39, 0.29) is 5.02 Å². The maximum absolute atomic E-state index is 5.83. The molecule has 0 amide bonds. The van der Waals surface area contributed by atoms with Gasteiger partial charge in [-0.25, -0.2) is 0 Å². The van der Waals surface area contributed by atoms with Crippen molar-refractivity contribution < 1.29 is 9.46 Å². The third-order valence-corrected chi connectivity index (χ3v) is 5.79. The van der Waals surface area contributed by atoms with Crippen LogP contribution in [0.4, 0.5) is 0 Å². The van der Waals surface area contributed by atoms with Gasteiger partial charge in [0.25, 0.3) is 0 Å². The van der Waals surface area contributed by atoms with Gasteiger partial charge in [-0.2, -0.15) is 0 Å². The van der Waals surface area contributed by atoms with Crippen LogP contribution in [0.1, 0.15) is 0 Å². The molecule has 0 bridgehead atoms. The first kappa shape index (κ1) is 12.2. The summed E-state index contributed by atoms with van der Waals surface area (Å²) in [6.07, 6.45) is 0. The Bertz CT molecular complexity index is 335. The average molecular weight is 320 g/mol. The summed E-state index contributed by atoms with van der Waals surface area (Å²) in [5, 5.41) is 0.764. The number of halogens is 5. The molecule has 0 fully saturated rings. The quantitative estimate of drug-likeness (QED) is 0.840. The zero-order chi connectivity index (χ0) is 10.3. The van der Waals surface area contributed by atoms with Crippen molar-refractivity contribution >= 4 is 57.8 Å². The van der Waals surface area contributed by atoms with Crippen molar-refractivity contribution in [1.82, 2.24) is 0 Å². The van der Waals surface area contributed by atoms with E-state index < -0.39 is 9.46 Å². The summed E-state index contributed by atoms with van der Waals surface area (Å²) >= 11 is 11.5. The molecule has 0 aliphatic carbocycles. The molecule has 0 aliphatic heterocycles. The van der Waals surface area contributed by atoms with Crippen molar-refractivity contribution in [3.8, 4) is 0 Å². The molecule has 1 rings (SSSR count). The molecule has 0 spiro atoms. The van der Waals surface area contributed by atoms with Crippen LogP contribution >= 0.6 is 53.3 Å². The molecule has 7 heteroatoms. The van der Waals surface area contributed by atoms with Gasteiger partial charge in [0.15, 0.2) is 0 Å². The molecule has 0 saturated heterocycles. The Morgan fingerprint density at radius 3 is 2.00 bits per heavy atom. The number of nitrogens with two attached hydrogens (primary N) is 1. The van der Waals surface area contributed by atoms with E-state index in [2.05, 4.69) is 0 Å². The van der Waals surface area contributed by atoms with Gasteiger partial charge < -0.3 is 0 Å². The Kier molecular flexibility index (Phi) is 3.42. The van der Waals surface area contributed by atoms with Gasteiger partial charge in [0, 0.05) is 0 Å². The minimum atomic E-state index is -4.23. The summed E-state index contributed by atoms with van der Waals surface area (Å²) in [5.41, 5.74) is 0. The van der Waals surface area contributed by atoms with Crippen LogP contribution in [0.2, 0.25) is 10.0 Å². The molecule has 0 aliphatic rings. The van der Waals surface area contributed by atoms with Gasteiger partial charge in [-0.3, -0.25) is 0 Å². The molecule has 1 aromatic carbocycles. The number of benzene rings is 1. The van der Waals surface area contributed by atoms with Gasteiger partial charge in [-0.1, -0.05) is 0 Å². The van der Waals surface area contributed by atoms with Gasteiger partial charge in [0.2, 0.25) is 0 Å². The van der Waals surface area contributed by atoms with Crippen molar-refractivity contribution in [1.29, 1.82) is 0 Å². The van der Waals surface area contributed by atoms with E-state index in [1.165, 1.54) is 12.1 Å². The Hall–Kier alpha value is 1.16. The Morgan fingerprint density at radius 2 is 1.62 bits per heavy atom. The summed E-state index contributed by atoms with van der Waals surface area (Å²) in [7, 11) is 13.2. The molecule has 0 heterocycles. The fourth-order valence-corrected chi connectivity index (χ4v) is 5.06. The second kappa shape index (κ2) is 3.63. The number of hydrogen-bond donors (Lipinski definition) is 1. The summed E-state index contributed by atoms with van der Waals surface area (Å²) < 4.78 is 5.94. The van der Waals surface area contributed by atoms with Crippen LogP contribution in [-0.2, 0) is 9.46 Å². The molecule has 75 valence electrons. The van der Waals surface area contributed by atoms with E-state index in [4.69, 9.17) is 58.1 Å². The molecule has 2 N–H and O–H groups in total. The SMILES string of the molecule is [NH2][Cr]([Cl])([Cl])([Cl])[c]1ccc(Cl)cc1Cl. The van der Waals surface area contributed by atoms with Crippen molar-refractivity contribution in [3.05, 3.63) is 28.2 Å². The summed E-state index contributed by atoms with van der Waals surface area (Å²) in [6, 6.07) is 4.62. The molecule has 0 radical (unpaired) electrons. The van der Waals surface area contributed by atoms with Crippen LogP contribution < -0.4 is 9.14 Å². The third-order valence-electron chi connectivity index (χ3n) is 1.27. The van der Waals surface area contributed by atoms with Crippen LogP contribution in [0.15, 0.2) is 18.2 Å². The van der Waals surface area contributed by atoms with Gasteiger partial charge in [-0.05, 0) is 0 Å². The van der Waals surface area contributed by atoms with Gasteiger partial charge >= 0.3 is 100 Å². The first-order valence-corrected chi connectivity index (χ1v) is 10.4. The molecule has 0 aromatic heterocycles. The molecular weight excluding hydrogens is 315 g/mol. The Labute approximate surface area is 99.5 Å². The molecule has 1 aromatic rings. The van der Waals surface area contributed by atoms with E-state index in [0.717, 1.165) is 0 Å². The molecular formula is C6H5Cl5CrN. The monoisotopic (exact) mass is 318 g/mol. The average Bonchev–Trinajstić information content (AvgIpc) is 1.80. The predicted octanol–water partition coefficient (Wildman–Crippen LogP) is 3.64. The van der Waals surface area contributed by atoms with Crippen LogP contribution in [0, 0.1) is 0 Å². The zero-order valence-corrected chi connectivity index (χ0v) is 11.2. The van der Waals surface area contributed by atoms with Gasteiger partial charge in [0.05, 0.1) is 0 Å². The van der Waals surface area contributed by atoms with Crippen LogP contribution in [0.5, 0.6) is 0 Å². The second-order valence-electron chi connectivity index (χ2n) is 2.37. The fourth-order valence-electron chi connectivity index (χ4n) is 0.758. The van der Waals surface area contributed by atoms with E-state index in [9.17, 15) is 0 Å². The van der Waals surface area contributed by atoms with Crippen LogP contribution in [-0.4, -0.2) is 0 Å². The second-order valence-corrected chi connectivity index (χ2v) is 16.3. The van der Waals surface area contributed by atoms with Crippen molar-refractivity contribution in [2.24, 2.45) is 4.72 Å². The zero-order valence-electron chi connectivity index (χ0n) is 6.11. The number of rotatable bonds is 1. The van der Waals surface area contributed by atoms with Crippen LogP contribution in [0.25, 0.3) is 0 Å². The summed E-state index contributed by atoms with van der Waals surface area (Å²) in [5.74, 6) is 0. The van der Waals surface area contributed by atoms with E-state index in [0.29, 0.717) is 9.45 Å². The van der Waals surface area contributed by atoms with Gasteiger partial charge in [-0.15, -0.1) is 0 Å². The number of hydrogen-bond acceptors (Lipinski definition) is 1. The van der Waals surface area contributed by atoms with E-state index in [1.807, 2.05) is 0 Å². The molecule has 13 heavy (non-hydrogen) atoms.